The lowest BCUT2D eigenvalue weighted by molar-refractivity contribution is 0.103. The Morgan fingerprint density at radius 1 is 1.18 bits per heavy atom. The predicted molar refractivity (Wildman–Crippen MR) is 70.3 cm³/mol. The third-order valence-electron chi connectivity index (χ3n) is 2.44. The van der Waals surface area contributed by atoms with Crippen LogP contribution in [-0.4, -0.2) is 10.4 Å². The van der Waals surface area contributed by atoms with Gasteiger partial charge in [-0.1, -0.05) is 46.9 Å². The number of benzene rings is 1. The van der Waals surface area contributed by atoms with Gasteiger partial charge in [0.2, 0.25) is 5.78 Å². The van der Waals surface area contributed by atoms with Crippen LogP contribution >= 0.6 is 34.8 Å². The van der Waals surface area contributed by atoms with Gasteiger partial charge in [0.05, 0.1) is 10.7 Å². The molecule has 0 radical (unpaired) electrons. The van der Waals surface area contributed by atoms with Gasteiger partial charge in [-0.3, -0.25) is 4.79 Å². The number of aromatic nitrogens is 1. The third-order valence-corrected chi connectivity index (χ3v) is 3.51. The van der Waals surface area contributed by atoms with E-state index >= 15 is 0 Å². The van der Waals surface area contributed by atoms with Crippen molar-refractivity contribution in [2.45, 2.75) is 0 Å². The fraction of sp³-hybridized carbons (Fsp3) is 0.0833. The van der Waals surface area contributed by atoms with Gasteiger partial charge in [0.25, 0.3) is 0 Å². The zero-order valence-electron chi connectivity index (χ0n) is 8.88. The topological polar surface area (TPSA) is 22.0 Å². The smallest absolute Gasteiger partial charge is 0.209 e. The molecule has 0 fully saturated rings. The van der Waals surface area contributed by atoms with E-state index in [0.717, 1.165) is 0 Å². The average Bonchev–Trinajstić information content (AvgIpc) is 2.56. The minimum Gasteiger partial charge on any atom is -0.331 e. The summed E-state index contributed by atoms with van der Waals surface area (Å²) in [5.74, 6) is -0.163. The van der Waals surface area contributed by atoms with Crippen LogP contribution in [0.1, 0.15) is 16.1 Å². The Morgan fingerprint density at radius 2 is 1.88 bits per heavy atom. The number of hydrogen-bond donors (Lipinski definition) is 0. The lowest BCUT2D eigenvalue weighted by atomic mass is 10.1. The Kier molecular flexibility index (Phi) is 3.48. The van der Waals surface area contributed by atoms with Crippen LogP contribution in [0.3, 0.4) is 0 Å². The summed E-state index contributed by atoms with van der Waals surface area (Å²) in [6.45, 7) is 0. The van der Waals surface area contributed by atoms with Gasteiger partial charge in [-0.25, -0.2) is 0 Å². The second-order valence-electron chi connectivity index (χ2n) is 3.57. The van der Waals surface area contributed by atoms with E-state index in [1.165, 1.54) is 0 Å². The van der Waals surface area contributed by atoms with Crippen LogP contribution in [0.25, 0.3) is 0 Å². The van der Waals surface area contributed by atoms with Crippen LogP contribution in [0.5, 0.6) is 0 Å². The van der Waals surface area contributed by atoms with Gasteiger partial charge in [0.1, 0.15) is 5.15 Å². The Labute approximate surface area is 114 Å². The molecule has 17 heavy (non-hydrogen) atoms. The molecule has 5 heteroatoms. The molecule has 0 aliphatic heterocycles. The molecule has 0 saturated carbocycles. The molecule has 0 atom stereocenters. The number of nitrogens with zero attached hydrogens (tertiary/aromatic N) is 1. The predicted octanol–water partition coefficient (Wildman–Crippen LogP) is 4.22. The van der Waals surface area contributed by atoms with Crippen LogP contribution in [0.4, 0.5) is 0 Å². The van der Waals surface area contributed by atoms with Crippen LogP contribution in [0.15, 0.2) is 30.3 Å². The molecule has 0 unspecified atom stereocenters. The van der Waals surface area contributed by atoms with Gasteiger partial charge in [-0.15, -0.1) is 0 Å². The first-order valence-electron chi connectivity index (χ1n) is 4.81. The molecule has 0 saturated heterocycles. The summed E-state index contributed by atoms with van der Waals surface area (Å²) < 4.78 is 1.55. The molecule has 0 spiro atoms. The highest BCUT2D eigenvalue weighted by atomic mass is 35.5. The molecule has 1 aromatic carbocycles. The van der Waals surface area contributed by atoms with E-state index in [0.29, 0.717) is 26.5 Å². The molecule has 0 aliphatic rings. The van der Waals surface area contributed by atoms with Crippen LogP contribution < -0.4 is 0 Å². The Bertz CT molecular complexity index is 589. The summed E-state index contributed by atoms with van der Waals surface area (Å²) in [6, 6.07) is 8.29. The van der Waals surface area contributed by atoms with Crippen molar-refractivity contribution in [1.29, 1.82) is 0 Å². The fourth-order valence-corrected chi connectivity index (χ4v) is 2.10. The van der Waals surface area contributed by atoms with Crippen molar-refractivity contribution in [2.24, 2.45) is 7.05 Å². The van der Waals surface area contributed by atoms with Gasteiger partial charge in [-0.2, -0.15) is 0 Å². The second kappa shape index (κ2) is 4.73. The van der Waals surface area contributed by atoms with E-state index in [1.807, 2.05) is 0 Å². The summed E-state index contributed by atoms with van der Waals surface area (Å²) in [5.41, 5.74) is 0.939. The molecule has 1 heterocycles. The average molecular weight is 289 g/mol. The van der Waals surface area contributed by atoms with Crippen molar-refractivity contribution >= 4 is 40.6 Å². The number of carbonyl (C=O) groups is 1. The van der Waals surface area contributed by atoms with Crippen molar-refractivity contribution < 1.29 is 4.79 Å². The monoisotopic (exact) mass is 287 g/mol. The van der Waals surface area contributed by atoms with E-state index in [4.69, 9.17) is 34.8 Å². The summed E-state index contributed by atoms with van der Waals surface area (Å²) in [7, 11) is 1.69. The van der Waals surface area contributed by atoms with Gasteiger partial charge >= 0.3 is 0 Å². The molecule has 2 aromatic rings. The van der Waals surface area contributed by atoms with E-state index in [9.17, 15) is 4.79 Å². The highest BCUT2D eigenvalue weighted by Gasteiger charge is 2.17. The third kappa shape index (κ3) is 2.34. The Morgan fingerprint density at radius 3 is 2.41 bits per heavy atom. The van der Waals surface area contributed by atoms with Crippen molar-refractivity contribution in [3.8, 4) is 0 Å². The summed E-state index contributed by atoms with van der Waals surface area (Å²) in [5, 5.41) is 1.22. The molecule has 1 aromatic heterocycles. The molecule has 88 valence electrons. The quantitative estimate of drug-likeness (QED) is 0.759. The van der Waals surface area contributed by atoms with E-state index < -0.39 is 0 Å². The molecule has 0 amide bonds. The molecular formula is C12H8Cl3NO. The number of rotatable bonds is 2. The van der Waals surface area contributed by atoms with Crippen LogP contribution in [0.2, 0.25) is 15.2 Å². The van der Waals surface area contributed by atoms with Gasteiger partial charge in [0, 0.05) is 17.6 Å². The standard InChI is InChI=1S/C12H8Cl3NO/c1-16-10(6-9(14)12(16)15)11(17)7-3-2-4-8(13)5-7/h2-6H,1H3. The van der Waals surface area contributed by atoms with E-state index in [2.05, 4.69) is 0 Å². The van der Waals surface area contributed by atoms with Gasteiger partial charge in [0.15, 0.2) is 0 Å². The summed E-state index contributed by atoms with van der Waals surface area (Å²) in [4.78, 5) is 12.2. The highest BCUT2D eigenvalue weighted by molar-refractivity contribution is 6.42. The lowest BCUT2D eigenvalue weighted by Gasteiger charge is -2.03. The number of ketones is 1. The second-order valence-corrected chi connectivity index (χ2v) is 4.77. The zero-order valence-corrected chi connectivity index (χ0v) is 11.1. The van der Waals surface area contributed by atoms with E-state index in [-0.39, 0.29) is 5.78 Å². The molecular weight excluding hydrogens is 280 g/mol. The maximum atomic E-state index is 12.2. The molecule has 2 rings (SSSR count). The zero-order chi connectivity index (χ0) is 12.6. The Hall–Kier alpha value is -0.960. The minimum atomic E-state index is -0.163. The van der Waals surface area contributed by atoms with E-state index in [1.54, 1.807) is 41.9 Å². The summed E-state index contributed by atoms with van der Waals surface area (Å²) in [6.07, 6.45) is 0. The van der Waals surface area contributed by atoms with Crippen molar-refractivity contribution in [3.05, 3.63) is 56.8 Å². The molecule has 2 nitrogen and oxygen atoms in total. The molecule has 0 N–H and O–H groups in total. The Balaban J connectivity index is 2.47. The maximum absolute atomic E-state index is 12.2. The van der Waals surface area contributed by atoms with Gasteiger partial charge < -0.3 is 4.57 Å². The van der Waals surface area contributed by atoms with Crippen molar-refractivity contribution in [3.63, 3.8) is 0 Å². The SMILES string of the molecule is Cn1c(C(=O)c2cccc(Cl)c2)cc(Cl)c1Cl. The number of halogens is 3. The highest BCUT2D eigenvalue weighted by Crippen LogP contribution is 2.26. The number of carbonyl (C=O) groups excluding carboxylic acids is 1. The lowest BCUT2D eigenvalue weighted by Crippen LogP contribution is -2.07. The molecule has 0 aliphatic carbocycles. The van der Waals surface area contributed by atoms with Crippen LogP contribution in [-0.2, 0) is 7.05 Å². The fourth-order valence-electron chi connectivity index (χ4n) is 1.54. The first kappa shape index (κ1) is 12.5. The first-order valence-corrected chi connectivity index (χ1v) is 5.95. The number of hydrogen-bond acceptors (Lipinski definition) is 1. The first-order chi connectivity index (χ1) is 8.00. The molecule has 0 bridgehead atoms. The van der Waals surface area contributed by atoms with Crippen LogP contribution in [0, 0.1) is 0 Å². The van der Waals surface area contributed by atoms with Crippen molar-refractivity contribution in [1.82, 2.24) is 4.57 Å². The normalized spacial score (nSPS) is 10.6. The van der Waals surface area contributed by atoms with Gasteiger partial charge in [-0.05, 0) is 18.2 Å². The summed E-state index contributed by atoms with van der Waals surface area (Å²) >= 11 is 17.6. The minimum absolute atomic E-state index is 0.163. The maximum Gasteiger partial charge on any atom is 0.209 e. The largest absolute Gasteiger partial charge is 0.331 e. The van der Waals surface area contributed by atoms with Crippen molar-refractivity contribution in [2.75, 3.05) is 0 Å².